The molecule has 116 valence electrons. The number of nitrogens with zero attached hydrogens (tertiary/aromatic N) is 2. The normalized spacial score (nSPS) is 11.6. The minimum atomic E-state index is -0.188. The molecule has 0 aliphatic rings. The van der Waals surface area contributed by atoms with Crippen LogP contribution in [0.25, 0.3) is 0 Å². The van der Waals surface area contributed by atoms with Gasteiger partial charge in [0.25, 0.3) is 0 Å². The van der Waals surface area contributed by atoms with Gasteiger partial charge in [0.2, 0.25) is 0 Å². The van der Waals surface area contributed by atoms with Crippen LogP contribution < -0.4 is 5.73 Å². The number of unbranched alkanes of at least 4 members (excludes halogenated alkanes) is 1. The van der Waals surface area contributed by atoms with Gasteiger partial charge in [-0.25, -0.2) is 0 Å². The highest BCUT2D eigenvalue weighted by molar-refractivity contribution is 5.39. The summed E-state index contributed by atoms with van der Waals surface area (Å²) >= 11 is 0. The van der Waals surface area contributed by atoms with Gasteiger partial charge >= 0.3 is 0 Å². The Labute approximate surface area is 129 Å². The average molecular weight is 287 g/mol. The lowest BCUT2D eigenvalue weighted by Crippen LogP contribution is -2.25. The summed E-state index contributed by atoms with van der Waals surface area (Å²) in [6, 6.07) is 10.5. The second-order valence-electron chi connectivity index (χ2n) is 6.47. The van der Waals surface area contributed by atoms with Crippen LogP contribution in [0.2, 0.25) is 0 Å². The second kappa shape index (κ2) is 8.69. The van der Waals surface area contributed by atoms with E-state index in [1.54, 1.807) is 0 Å². The molecule has 0 fully saturated rings. The first-order chi connectivity index (χ1) is 9.96. The molecule has 0 saturated carbocycles. The molecule has 0 amide bonds. The van der Waals surface area contributed by atoms with E-state index in [1.807, 2.05) is 26.0 Å². The summed E-state index contributed by atoms with van der Waals surface area (Å²) < 4.78 is 0. The largest absolute Gasteiger partial charge is 0.399 e. The smallest absolute Gasteiger partial charge is 0.0683 e. The Bertz CT molecular complexity index is 443. The molecule has 1 rings (SSSR count). The van der Waals surface area contributed by atoms with Crippen molar-refractivity contribution in [3.8, 4) is 6.07 Å². The predicted molar refractivity (Wildman–Crippen MR) is 89.7 cm³/mol. The molecule has 3 nitrogen and oxygen atoms in total. The highest BCUT2D eigenvalue weighted by atomic mass is 15.1. The van der Waals surface area contributed by atoms with E-state index in [9.17, 15) is 0 Å². The van der Waals surface area contributed by atoms with E-state index in [4.69, 9.17) is 11.0 Å². The van der Waals surface area contributed by atoms with Crippen LogP contribution >= 0.6 is 0 Å². The van der Waals surface area contributed by atoms with Crippen LogP contribution in [-0.2, 0) is 6.54 Å². The number of nitrogen functional groups attached to an aromatic ring is 1. The minimum Gasteiger partial charge on any atom is -0.399 e. The SMILES string of the molecule is CCCN(CCCCC(C)(C)C#N)Cc1ccc(N)cc1. The number of anilines is 1. The molecule has 0 heterocycles. The van der Waals surface area contributed by atoms with Crippen molar-refractivity contribution in [2.75, 3.05) is 18.8 Å². The molecule has 0 unspecified atom stereocenters. The highest BCUT2D eigenvalue weighted by Gasteiger charge is 2.15. The fourth-order valence-corrected chi connectivity index (χ4v) is 2.43. The Morgan fingerprint density at radius 3 is 2.38 bits per heavy atom. The van der Waals surface area contributed by atoms with Gasteiger partial charge in [0.1, 0.15) is 0 Å². The van der Waals surface area contributed by atoms with Crippen molar-refractivity contribution in [2.45, 2.75) is 53.0 Å². The first-order valence-electron chi connectivity index (χ1n) is 7.95. The van der Waals surface area contributed by atoms with Crippen molar-refractivity contribution in [1.29, 1.82) is 5.26 Å². The lowest BCUT2D eigenvalue weighted by atomic mass is 9.89. The molecule has 2 N–H and O–H groups in total. The molecular weight excluding hydrogens is 258 g/mol. The van der Waals surface area contributed by atoms with Crippen molar-refractivity contribution < 1.29 is 0 Å². The number of nitriles is 1. The highest BCUT2D eigenvalue weighted by Crippen LogP contribution is 2.21. The fourth-order valence-electron chi connectivity index (χ4n) is 2.43. The summed E-state index contributed by atoms with van der Waals surface area (Å²) in [5, 5.41) is 9.03. The standard InChI is InChI=1S/C18H29N3/c1-4-12-21(13-6-5-11-18(2,3)15-19)14-16-7-9-17(20)10-8-16/h7-10H,4-6,11-14,20H2,1-3H3. The molecule has 0 aromatic heterocycles. The first kappa shape index (κ1) is 17.5. The minimum absolute atomic E-state index is 0.188. The Balaban J connectivity index is 2.40. The van der Waals surface area contributed by atoms with E-state index >= 15 is 0 Å². The van der Waals surface area contributed by atoms with Gasteiger partial charge in [-0.3, -0.25) is 4.90 Å². The molecule has 0 saturated heterocycles. The predicted octanol–water partition coefficient (Wildman–Crippen LogP) is 4.20. The average Bonchev–Trinajstić information content (AvgIpc) is 2.46. The van der Waals surface area contributed by atoms with Crippen LogP contribution in [0.3, 0.4) is 0 Å². The third-order valence-corrected chi connectivity index (χ3v) is 3.75. The topological polar surface area (TPSA) is 53.0 Å². The summed E-state index contributed by atoms with van der Waals surface area (Å²) in [6.45, 7) is 9.45. The van der Waals surface area contributed by atoms with Crippen LogP contribution in [-0.4, -0.2) is 18.0 Å². The Morgan fingerprint density at radius 2 is 1.81 bits per heavy atom. The summed E-state index contributed by atoms with van der Waals surface area (Å²) in [4.78, 5) is 2.49. The van der Waals surface area contributed by atoms with Crippen LogP contribution in [0.5, 0.6) is 0 Å². The third kappa shape index (κ3) is 7.15. The molecule has 3 heteroatoms. The van der Waals surface area contributed by atoms with Crippen LogP contribution in [0.4, 0.5) is 5.69 Å². The Hall–Kier alpha value is -1.53. The van der Waals surface area contributed by atoms with Crippen LogP contribution in [0, 0.1) is 16.7 Å². The van der Waals surface area contributed by atoms with Gasteiger partial charge in [0.15, 0.2) is 0 Å². The van der Waals surface area contributed by atoms with E-state index < -0.39 is 0 Å². The molecular formula is C18H29N3. The van der Waals surface area contributed by atoms with Gasteiger partial charge in [-0.15, -0.1) is 0 Å². The summed E-state index contributed by atoms with van der Waals surface area (Å²) in [5.41, 5.74) is 7.67. The zero-order valence-electron chi connectivity index (χ0n) is 13.7. The molecule has 0 spiro atoms. The van der Waals surface area contributed by atoms with Crippen molar-refractivity contribution in [1.82, 2.24) is 4.90 Å². The maximum absolute atomic E-state index is 9.03. The monoisotopic (exact) mass is 287 g/mol. The van der Waals surface area contributed by atoms with Crippen molar-refractivity contribution in [3.05, 3.63) is 29.8 Å². The van der Waals surface area contributed by atoms with Crippen LogP contribution in [0.1, 0.15) is 52.0 Å². The summed E-state index contributed by atoms with van der Waals surface area (Å²) in [5.74, 6) is 0. The quantitative estimate of drug-likeness (QED) is 0.547. The van der Waals surface area contributed by atoms with Gasteiger partial charge in [0, 0.05) is 12.2 Å². The van der Waals surface area contributed by atoms with E-state index in [2.05, 4.69) is 30.0 Å². The van der Waals surface area contributed by atoms with Gasteiger partial charge in [0.05, 0.1) is 11.5 Å². The fraction of sp³-hybridized carbons (Fsp3) is 0.611. The molecule has 21 heavy (non-hydrogen) atoms. The van der Waals surface area contributed by atoms with Crippen molar-refractivity contribution in [2.24, 2.45) is 5.41 Å². The van der Waals surface area contributed by atoms with Crippen LogP contribution in [0.15, 0.2) is 24.3 Å². The molecule has 1 aromatic carbocycles. The van der Waals surface area contributed by atoms with E-state index in [-0.39, 0.29) is 5.41 Å². The maximum Gasteiger partial charge on any atom is 0.0683 e. The maximum atomic E-state index is 9.03. The molecule has 1 aromatic rings. The second-order valence-corrected chi connectivity index (χ2v) is 6.47. The molecule has 0 radical (unpaired) electrons. The third-order valence-electron chi connectivity index (χ3n) is 3.75. The van der Waals surface area contributed by atoms with Crippen molar-refractivity contribution in [3.63, 3.8) is 0 Å². The lowest BCUT2D eigenvalue weighted by Gasteiger charge is -2.22. The number of hydrogen-bond acceptors (Lipinski definition) is 3. The van der Waals surface area contributed by atoms with Gasteiger partial charge < -0.3 is 5.73 Å². The van der Waals surface area contributed by atoms with Gasteiger partial charge in [-0.2, -0.15) is 5.26 Å². The lowest BCUT2D eigenvalue weighted by molar-refractivity contribution is 0.255. The molecule has 0 aliphatic heterocycles. The summed E-state index contributed by atoms with van der Waals surface area (Å²) in [7, 11) is 0. The van der Waals surface area contributed by atoms with E-state index in [1.165, 1.54) is 12.0 Å². The molecule has 0 aliphatic carbocycles. The zero-order chi connectivity index (χ0) is 15.7. The number of nitrogens with two attached hydrogens (primary N) is 1. The Kier molecular flexibility index (Phi) is 7.25. The number of rotatable bonds is 9. The van der Waals surface area contributed by atoms with E-state index in [0.717, 1.165) is 44.6 Å². The van der Waals surface area contributed by atoms with Gasteiger partial charge in [-0.1, -0.05) is 25.5 Å². The molecule has 0 atom stereocenters. The van der Waals surface area contributed by atoms with Gasteiger partial charge in [-0.05, 0) is 63.9 Å². The molecule has 0 bridgehead atoms. The Morgan fingerprint density at radius 1 is 1.14 bits per heavy atom. The van der Waals surface area contributed by atoms with Crippen molar-refractivity contribution >= 4 is 5.69 Å². The summed E-state index contributed by atoms with van der Waals surface area (Å²) in [6.07, 6.45) is 4.41. The first-order valence-corrected chi connectivity index (χ1v) is 7.95. The zero-order valence-corrected chi connectivity index (χ0v) is 13.7. The number of benzene rings is 1. The van der Waals surface area contributed by atoms with E-state index in [0.29, 0.717) is 0 Å². The number of hydrogen-bond donors (Lipinski definition) is 1.